The van der Waals surface area contributed by atoms with Gasteiger partial charge in [0.25, 0.3) is 10.0 Å². The molecular weight excluding hydrogens is 534 g/mol. The molecule has 10 heteroatoms. The lowest BCUT2D eigenvalue weighted by Crippen LogP contribution is -2.47. The highest BCUT2D eigenvalue weighted by atomic mass is 32.2. The fourth-order valence-electron chi connectivity index (χ4n) is 5.67. The van der Waals surface area contributed by atoms with Gasteiger partial charge in [0, 0.05) is 44.0 Å². The van der Waals surface area contributed by atoms with Crippen LogP contribution in [-0.4, -0.2) is 65.0 Å². The largest absolute Gasteiger partial charge is 0.357 e. The van der Waals surface area contributed by atoms with Gasteiger partial charge in [0.15, 0.2) is 5.82 Å². The molecule has 9 nitrogen and oxygen atoms in total. The lowest BCUT2D eigenvalue weighted by Gasteiger charge is -2.35. The number of fused-ring (bicyclic) bond motifs is 2. The van der Waals surface area contributed by atoms with E-state index >= 15 is 0 Å². The van der Waals surface area contributed by atoms with E-state index in [-0.39, 0.29) is 4.90 Å². The molecule has 1 fully saturated rings. The second-order valence-corrected chi connectivity index (χ2v) is 12.5. The highest BCUT2D eigenvalue weighted by Crippen LogP contribution is 2.29. The van der Waals surface area contributed by atoms with Crippen LogP contribution in [0.15, 0.2) is 72.1 Å². The van der Waals surface area contributed by atoms with E-state index in [1.807, 2.05) is 37.4 Å². The zero-order chi connectivity index (χ0) is 28.4. The summed E-state index contributed by atoms with van der Waals surface area (Å²) < 4.78 is 28.4. The maximum atomic E-state index is 13.5. The van der Waals surface area contributed by atoms with Crippen molar-refractivity contribution in [1.82, 2.24) is 23.8 Å². The number of piperazine rings is 1. The van der Waals surface area contributed by atoms with Gasteiger partial charge >= 0.3 is 0 Å². The van der Waals surface area contributed by atoms with Crippen LogP contribution < -0.4 is 4.90 Å². The summed E-state index contributed by atoms with van der Waals surface area (Å²) in [4.78, 5) is 17.2. The van der Waals surface area contributed by atoms with Gasteiger partial charge in [0.1, 0.15) is 11.8 Å². The van der Waals surface area contributed by atoms with Crippen molar-refractivity contribution in [2.75, 3.05) is 37.6 Å². The summed E-state index contributed by atoms with van der Waals surface area (Å²) in [5.41, 5.74) is 5.04. The van der Waals surface area contributed by atoms with Gasteiger partial charge in [-0.1, -0.05) is 24.1 Å². The van der Waals surface area contributed by atoms with E-state index in [0.717, 1.165) is 91.8 Å². The average molecular weight is 568 g/mol. The van der Waals surface area contributed by atoms with Crippen molar-refractivity contribution in [3.63, 3.8) is 0 Å². The van der Waals surface area contributed by atoms with Gasteiger partial charge < -0.3 is 9.88 Å². The number of rotatable bonds is 9. The molecule has 4 heterocycles. The molecule has 3 aromatic heterocycles. The van der Waals surface area contributed by atoms with Crippen molar-refractivity contribution < 1.29 is 8.42 Å². The molecule has 0 unspecified atom stereocenters. The molecule has 0 aliphatic carbocycles. The third-order valence-electron chi connectivity index (χ3n) is 7.98. The first-order valence-electron chi connectivity index (χ1n) is 14.1. The number of unbranched alkanes of at least 4 members (excludes halogenated alkanes) is 2. The van der Waals surface area contributed by atoms with Gasteiger partial charge in [-0.2, -0.15) is 5.26 Å². The minimum atomic E-state index is -3.75. The quantitative estimate of drug-likeness (QED) is 0.253. The molecule has 0 atom stereocenters. The average Bonchev–Trinajstić information content (AvgIpc) is 3.62. The summed E-state index contributed by atoms with van der Waals surface area (Å²) in [6.07, 6.45) is 9.12. The minimum absolute atomic E-state index is 0.257. The zero-order valence-electron chi connectivity index (χ0n) is 23.1. The predicted octanol–water partition coefficient (Wildman–Crippen LogP) is 4.86. The zero-order valence-corrected chi connectivity index (χ0v) is 23.9. The fourth-order valence-corrected chi connectivity index (χ4v) is 7.06. The van der Waals surface area contributed by atoms with Crippen LogP contribution in [0, 0.1) is 18.3 Å². The summed E-state index contributed by atoms with van der Waals surface area (Å²) in [6.45, 7) is 6.82. The first kappa shape index (κ1) is 27.0. The number of nitriles is 1. The number of aromatic nitrogens is 4. The molecule has 5 aromatic rings. The van der Waals surface area contributed by atoms with Crippen LogP contribution in [0.1, 0.15) is 36.0 Å². The Balaban J connectivity index is 1.07. The Labute approximate surface area is 240 Å². The summed E-state index contributed by atoms with van der Waals surface area (Å²) in [7, 11) is -3.75. The van der Waals surface area contributed by atoms with Crippen molar-refractivity contribution in [2.45, 2.75) is 37.5 Å². The van der Waals surface area contributed by atoms with Crippen LogP contribution in [0.25, 0.3) is 21.9 Å². The van der Waals surface area contributed by atoms with E-state index in [4.69, 9.17) is 0 Å². The number of aryl methyl sites for hydroxylation is 2. The second-order valence-electron chi connectivity index (χ2n) is 10.7. The van der Waals surface area contributed by atoms with Gasteiger partial charge in [-0.05, 0) is 74.7 Å². The van der Waals surface area contributed by atoms with E-state index in [1.165, 1.54) is 3.97 Å². The van der Waals surface area contributed by atoms with Crippen LogP contribution in [0.3, 0.4) is 0 Å². The molecule has 41 heavy (non-hydrogen) atoms. The minimum Gasteiger partial charge on any atom is -0.357 e. The van der Waals surface area contributed by atoms with Crippen LogP contribution >= 0.6 is 0 Å². The highest BCUT2D eigenvalue weighted by Gasteiger charge is 2.22. The normalized spacial score (nSPS) is 14.6. The van der Waals surface area contributed by atoms with Crippen molar-refractivity contribution in [3.05, 3.63) is 83.9 Å². The number of anilines is 1. The molecule has 1 aliphatic rings. The maximum Gasteiger partial charge on any atom is 0.268 e. The summed E-state index contributed by atoms with van der Waals surface area (Å²) in [5, 5.41) is 10.3. The molecule has 1 saturated heterocycles. The number of hydrogen-bond donors (Lipinski definition) is 1. The lowest BCUT2D eigenvalue weighted by molar-refractivity contribution is 0.252. The fraction of sp³-hybridized carbons (Fsp3) is 0.323. The lowest BCUT2D eigenvalue weighted by atomic mass is 10.0. The molecule has 1 N–H and O–H groups in total. The summed E-state index contributed by atoms with van der Waals surface area (Å²) >= 11 is 0. The SMILES string of the molecule is Cc1ccc(S(=O)(=O)n2cc(CCCCCN3CCN(c4ncnc5cc[nH]c45)CC3)c3cc(C#N)ccc32)cc1. The molecule has 0 bridgehead atoms. The number of benzene rings is 2. The Morgan fingerprint density at radius 3 is 2.56 bits per heavy atom. The van der Waals surface area contributed by atoms with E-state index in [2.05, 4.69) is 30.8 Å². The highest BCUT2D eigenvalue weighted by molar-refractivity contribution is 7.90. The topological polar surface area (TPSA) is 111 Å². The number of H-pyrrole nitrogens is 1. The number of hydrogen-bond acceptors (Lipinski definition) is 7. The summed E-state index contributed by atoms with van der Waals surface area (Å²) in [6, 6.07) is 16.3. The van der Waals surface area contributed by atoms with E-state index in [1.54, 1.807) is 36.8 Å². The monoisotopic (exact) mass is 567 g/mol. The molecule has 0 amide bonds. The van der Waals surface area contributed by atoms with Gasteiger partial charge in [-0.15, -0.1) is 0 Å². The number of aromatic amines is 1. The Bertz CT molecular complexity index is 1830. The third kappa shape index (κ3) is 5.43. The number of nitrogens with one attached hydrogen (secondary N) is 1. The second kappa shape index (κ2) is 11.4. The van der Waals surface area contributed by atoms with Crippen LogP contribution in [0.4, 0.5) is 5.82 Å². The predicted molar refractivity (Wildman–Crippen MR) is 161 cm³/mol. The number of nitrogens with zero attached hydrogens (tertiary/aromatic N) is 6. The molecule has 0 saturated carbocycles. The van der Waals surface area contributed by atoms with Crippen LogP contribution in [0.2, 0.25) is 0 Å². The van der Waals surface area contributed by atoms with Crippen molar-refractivity contribution in [3.8, 4) is 6.07 Å². The van der Waals surface area contributed by atoms with Crippen molar-refractivity contribution in [2.24, 2.45) is 0 Å². The van der Waals surface area contributed by atoms with Gasteiger partial charge in [-0.3, -0.25) is 4.90 Å². The maximum absolute atomic E-state index is 13.5. The molecule has 0 radical (unpaired) electrons. The van der Waals surface area contributed by atoms with Crippen LogP contribution in [-0.2, 0) is 16.4 Å². The van der Waals surface area contributed by atoms with E-state index in [9.17, 15) is 13.7 Å². The third-order valence-corrected chi connectivity index (χ3v) is 9.67. The van der Waals surface area contributed by atoms with Crippen molar-refractivity contribution >= 4 is 37.8 Å². The van der Waals surface area contributed by atoms with Gasteiger partial charge in [0.05, 0.1) is 27.6 Å². The van der Waals surface area contributed by atoms with E-state index in [0.29, 0.717) is 11.1 Å². The Morgan fingerprint density at radius 2 is 1.78 bits per heavy atom. The standard InChI is InChI=1S/C31H33N7O2S/c1-23-6-9-26(10-7-23)41(39,40)38-21-25(27-19-24(20-32)8-11-29(27)38)5-3-2-4-14-36-15-17-37(18-16-36)31-30-28(12-13-33-30)34-22-35-31/h6-13,19,21-22,33H,2-5,14-18H2,1H3. The molecule has 1 aliphatic heterocycles. The Morgan fingerprint density at radius 1 is 0.976 bits per heavy atom. The first-order chi connectivity index (χ1) is 19.9. The van der Waals surface area contributed by atoms with Crippen LogP contribution in [0.5, 0.6) is 0 Å². The molecule has 6 rings (SSSR count). The molecule has 0 spiro atoms. The summed E-state index contributed by atoms with van der Waals surface area (Å²) in [5.74, 6) is 0.975. The molecule has 2 aromatic carbocycles. The first-order valence-corrected chi connectivity index (χ1v) is 15.5. The van der Waals surface area contributed by atoms with Gasteiger partial charge in [0.2, 0.25) is 0 Å². The molecular formula is C31H33N7O2S. The van der Waals surface area contributed by atoms with E-state index < -0.39 is 10.0 Å². The Hall–Kier alpha value is -4.20. The smallest absolute Gasteiger partial charge is 0.268 e. The van der Waals surface area contributed by atoms with Gasteiger partial charge in [-0.25, -0.2) is 22.4 Å². The molecule has 210 valence electrons. The van der Waals surface area contributed by atoms with Crippen molar-refractivity contribution in [1.29, 1.82) is 5.26 Å². The Kier molecular flexibility index (Phi) is 7.47.